The maximum Gasteiger partial charge on any atom is 0.166 e. The minimum atomic E-state index is -0.587. The number of ether oxygens (including phenoxy) is 1. The van der Waals surface area contributed by atoms with Gasteiger partial charge in [-0.2, -0.15) is 5.26 Å². The first-order valence-corrected chi connectivity index (χ1v) is 6.33. The fourth-order valence-corrected chi connectivity index (χ4v) is 1.87. The average molecular weight is 291 g/mol. The van der Waals surface area contributed by atoms with Crippen LogP contribution in [0.4, 0.5) is 4.39 Å². The standard InChI is InChI=1S/C15H12ClFN2O/c16-12-4-2-11(3-5-12)15(9-19)20-14-6-1-10(8-18)7-13(14)17/h1-7,15H,9,19H2. The Bertz CT molecular complexity index is 637. The summed E-state index contributed by atoms with van der Waals surface area (Å²) in [6, 6.07) is 12.9. The minimum Gasteiger partial charge on any atom is -0.481 e. The summed E-state index contributed by atoms with van der Waals surface area (Å²) in [6.45, 7) is 0.196. The Morgan fingerprint density at radius 2 is 1.95 bits per heavy atom. The molecule has 5 heteroatoms. The number of rotatable bonds is 4. The van der Waals surface area contributed by atoms with Gasteiger partial charge in [0.1, 0.15) is 6.10 Å². The Morgan fingerprint density at radius 3 is 2.50 bits per heavy atom. The van der Waals surface area contributed by atoms with Crippen molar-refractivity contribution in [1.29, 1.82) is 5.26 Å². The summed E-state index contributed by atoms with van der Waals surface area (Å²) in [5.74, 6) is -0.522. The molecule has 0 fully saturated rings. The van der Waals surface area contributed by atoms with Crippen molar-refractivity contribution in [2.24, 2.45) is 5.73 Å². The lowest BCUT2D eigenvalue weighted by molar-refractivity contribution is 0.204. The summed E-state index contributed by atoms with van der Waals surface area (Å²) in [5.41, 5.74) is 6.71. The van der Waals surface area contributed by atoms with E-state index in [2.05, 4.69) is 0 Å². The molecule has 0 bridgehead atoms. The fourth-order valence-electron chi connectivity index (χ4n) is 1.75. The third-order valence-electron chi connectivity index (χ3n) is 2.79. The van der Waals surface area contributed by atoms with E-state index in [0.717, 1.165) is 11.6 Å². The number of nitrogens with zero attached hydrogens (tertiary/aromatic N) is 1. The van der Waals surface area contributed by atoms with E-state index < -0.39 is 11.9 Å². The van der Waals surface area contributed by atoms with Crippen LogP contribution in [0.5, 0.6) is 5.75 Å². The van der Waals surface area contributed by atoms with Crippen LogP contribution in [0, 0.1) is 17.1 Å². The molecule has 0 spiro atoms. The van der Waals surface area contributed by atoms with Crippen molar-refractivity contribution in [3.8, 4) is 11.8 Å². The molecule has 2 aromatic rings. The quantitative estimate of drug-likeness (QED) is 0.938. The van der Waals surface area contributed by atoms with Gasteiger partial charge in [-0.15, -0.1) is 0 Å². The predicted octanol–water partition coefficient (Wildman–Crippen LogP) is 3.43. The Hall–Kier alpha value is -2.09. The molecule has 0 heterocycles. The van der Waals surface area contributed by atoms with Gasteiger partial charge in [0.25, 0.3) is 0 Å². The average Bonchev–Trinajstić information content (AvgIpc) is 2.47. The van der Waals surface area contributed by atoms with E-state index in [4.69, 9.17) is 27.3 Å². The molecule has 102 valence electrons. The van der Waals surface area contributed by atoms with Crippen molar-refractivity contribution in [2.75, 3.05) is 6.54 Å². The van der Waals surface area contributed by atoms with Gasteiger partial charge in [0.2, 0.25) is 0 Å². The molecule has 2 N–H and O–H groups in total. The number of nitriles is 1. The van der Waals surface area contributed by atoms with Crippen LogP contribution in [0.25, 0.3) is 0 Å². The number of nitrogens with two attached hydrogens (primary N) is 1. The van der Waals surface area contributed by atoms with Crippen LogP contribution in [-0.2, 0) is 0 Å². The van der Waals surface area contributed by atoms with Crippen LogP contribution in [0.1, 0.15) is 17.2 Å². The predicted molar refractivity (Wildman–Crippen MR) is 75.0 cm³/mol. The first-order chi connectivity index (χ1) is 9.63. The van der Waals surface area contributed by atoms with E-state index in [0.29, 0.717) is 5.02 Å². The number of hydrogen-bond donors (Lipinski definition) is 1. The molecule has 1 atom stereocenters. The third kappa shape index (κ3) is 3.27. The summed E-state index contributed by atoms with van der Waals surface area (Å²) in [4.78, 5) is 0. The molecular formula is C15H12ClFN2O. The second-order valence-electron chi connectivity index (χ2n) is 4.15. The number of hydrogen-bond acceptors (Lipinski definition) is 3. The van der Waals surface area contributed by atoms with E-state index in [1.165, 1.54) is 12.1 Å². The van der Waals surface area contributed by atoms with Gasteiger partial charge < -0.3 is 10.5 Å². The van der Waals surface area contributed by atoms with E-state index in [9.17, 15) is 4.39 Å². The molecule has 0 saturated heterocycles. The van der Waals surface area contributed by atoms with Gasteiger partial charge in [0, 0.05) is 11.6 Å². The maximum atomic E-state index is 13.8. The molecule has 20 heavy (non-hydrogen) atoms. The first-order valence-electron chi connectivity index (χ1n) is 5.96. The molecule has 3 nitrogen and oxygen atoms in total. The fraction of sp³-hybridized carbons (Fsp3) is 0.133. The van der Waals surface area contributed by atoms with Crippen LogP contribution in [0.15, 0.2) is 42.5 Å². The highest BCUT2D eigenvalue weighted by Crippen LogP contribution is 2.25. The monoisotopic (exact) mass is 290 g/mol. The zero-order valence-corrected chi connectivity index (χ0v) is 11.3. The normalized spacial score (nSPS) is 11.7. The highest BCUT2D eigenvalue weighted by molar-refractivity contribution is 6.30. The van der Waals surface area contributed by atoms with Crippen molar-refractivity contribution in [3.63, 3.8) is 0 Å². The van der Waals surface area contributed by atoms with Crippen molar-refractivity contribution < 1.29 is 9.13 Å². The first kappa shape index (κ1) is 14.3. The topological polar surface area (TPSA) is 59.0 Å². The van der Waals surface area contributed by atoms with Crippen molar-refractivity contribution >= 4 is 11.6 Å². The molecule has 0 aliphatic rings. The molecule has 0 aliphatic carbocycles. The summed E-state index contributed by atoms with van der Waals surface area (Å²) in [5, 5.41) is 9.30. The van der Waals surface area contributed by atoms with Gasteiger partial charge in [-0.25, -0.2) is 4.39 Å². The Kier molecular flexibility index (Phi) is 4.57. The van der Waals surface area contributed by atoms with Gasteiger partial charge in [0.05, 0.1) is 11.6 Å². The Labute approximate surface area is 121 Å². The lowest BCUT2D eigenvalue weighted by Crippen LogP contribution is -2.18. The number of benzene rings is 2. The maximum absolute atomic E-state index is 13.8. The zero-order chi connectivity index (χ0) is 14.5. The Morgan fingerprint density at radius 1 is 1.25 bits per heavy atom. The molecular weight excluding hydrogens is 279 g/mol. The summed E-state index contributed by atoms with van der Waals surface area (Å²) < 4.78 is 19.3. The highest BCUT2D eigenvalue weighted by atomic mass is 35.5. The minimum absolute atomic E-state index is 0.0643. The van der Waals surface area contributed by atoms with E-state index in [1.807, 2.05) is 6.07 Å². The SMILES string of the molecule is N#Cc1ccc(OC(CN)c2ccc(Cl)cc2)c(F)c1. The smallest absolute Gasteiger partial charge is 0.166 e. The second kappa shape index (κ2) is 6.38. The summed E-state index contributed by atoms with van der Waals surface area (Å²) in [6.07, 6.45) is -0.477. The van der Waals surface area contributed by atoms with Crippen LogP contribution in [-0.4, -0.2) is 6.54 Å². The van der Waals surface area contributed by atoms with Crippen molar-refractivity contribution in [3.05, 3.63) is 64.4 Å². The molecule has 0 amide bonds. The van der Waals surface area contributed by atoms with Crippen LogP contribution >= 0.6 is 11.6 Å². The third-order valence-corrected chi connectivity index (χ3v) is 3.04. The van der Waals surface area contributed by atoms with Crippen molar-refractivity contribution in [1.82, 2.24) is 0 Å². The molecule has 0 aliphatic heterocycles. The van der Waals surface area contributed by atoms with Gasteiger partial charge in [-0.3, -0.25) is 0 Å². The molecule has 2 aromatic carbocycles. The van der Waals surface area contributed by atoms with Gasteiger partial charge >= 0.3 is 0 Å². The second-order valence-corrected chi connectivity index (χ2v) is 4.59. The van der Waals surface area contributed by atoms with E-state index in [-0.39, 0.29) is 17.9 Å². The number of halogens is 2. The van der Waals surface area contributed by atoms with E-state index >= 15 is 0 Å². The van der Waals surface area contributed by atoms with Crippen LogP contribution in [0.2, 0.25) is 5.02 Å². The van der Waals surface area contributed by atoms with Gasteiger partial charge in [-0.05, 0) is 35.9 Å². The van der Waals surface area contributed by atoms with Gasteiger partial charge in [-0.1, -0.05) is 23.7 Å². The molecule has 0 radical (unpaired) electrons. The lowest BCUT2D eigenvalue weighted by Gasteiger charge is -2.18. The van der Waals surface area contributed by atoms with Crippen LogP contribution < -0.4 is 10.5 Å². The molecule has 0 saturated carbocycles. The van der Waals surface area contributed by atoms with E-state index in [1.54, 1.807) is 24.3 Å². The lowest BCUT2D eigenvalue weighted by atomic mass is 10.1. The summed E-state index contributed by atoms with van der Waals surface area (Å²) in [7, 11) is 0. The van der Waals surface area contributed by atoms with Gasteiger partial charge in [0.15, 0.2) is 11.6 Å². The molecule has 2 rings (SSSR count). The highest BCUT2D eigenvalue weighted by Gasteiger charge is 2.14. The largest absolute Gasteiger partial charge is 0.481 e. The zero-order valence-electron chi connectivity index (χ0n) is 10.5. The van der Waals surface area contributed by atoms with Crippen molar-refractivity contribution in [2.45, 2.75) is 6.10 Å². The molecule has 1 unspecified atom stereocenters. The summed E-state index contributed by atoms with van der Waals surface area (Å²) >= 11 is 5.82. The molecule has 0 aromatic heterocycles. The van der Waals surface area contributed by atoms with Crippen LogP contribution in [0.3, 0.4) is 0 Å². The Balaban J connectivity index is 2.22.